The highest BCUT2D eigenvalue weighted by molar-refractivity contribution is 6.31. The number of hydrogen-bond acceptors (Lipinski definition) is 4. The van der Waals surface area contributed by atoms with Crippen LogP contribution in [0.4, 0.5) is 0 Å². The highest BCUT2D eigenvalue weighted by atomic mass is 35.5. The Labute approximate surface area is 120 Å². The molecule has 2 aromatic rings. The summed E-state index contributed by atoms with van der Waals surface area (Å²) in [5.41, 5.74) is 1.27. The zero-order chi connectivity index (χ0) is 13.9. The van der Waals surface area contributed by atoms with Gasteiger partial charge in [0.15, 0.2) is 17.8 Å². The average Bonchev–Trinajstić information content (AvgIpc) is 2.92. The van der Waals surface area contributed by atoms with E-state index in [2.05, 4.69) is 0 Å². The fourth-order valence-electron chi connectivity index (χ4n) is 1.93. The summed E-state index contributed by atoms with van der Waals surface area (Å²) in [6, 6.07) is 10.7. The quantitative estimate of drug-likeness (QED) is 0.809. The minimum Gasteiger partial charge on any atom is -0.488 e. The molecule has 0 amide bonds. The van der Waals surface area contributed by atoms with Gasteiger partial charge in [-0.25, -0.2) is 0 Å². The molecule has 1 aliphatic heterocycles. The molecule has 0 bridgehead atoms. The zero-order valence-corrected chi connectivity index (χ0v) is 11.2. The van der Waals surface area contributed by atoms with Gasteiger partial charge in [0, 0.05) is 16.7 Å². The molecule has 0 spiro atoms. The largest absolute Gasteiger partial charge is 0.488 e. The van der Waals surface area contributed by atoms with E-state index in [1.807, 2.05) is 18.2 Å². The number of ether oxygens (including phenoxy) is 3. The van der Waals surface area contributed by atoms with Gasteiger partial charge in [0.25, 0.3) is 0 Å². The van der Waals surface area contributed by atoms with Crippen molar-refractivity contribution in [3.63, 3.8) is 0 Å². The number of carbonyl (C=O) groups is 1. The number of carbonyl (C=O) groups excluding carboxylic acids is 1. The predicted octanol–water partition coefficient (Wildman–Crippen LogP) is 3.46. The third kappa shape index (κ3) is 2.42. The van der Waals surface area contributed by atoms with Crippen LogP contribution < -0.4 is 14.2 Å². The molecule has 1 aliphatic rings. The molecule has 0 unspecified atom stereocenters. The van der Waals surface area contributed by atoms with Gasteiger partial charge in [-0.2, -0.15) is 0 Å². The highest BCUT2D eigenvalue weighted by Crippen LogP contribution is 2.37. The van der Waals surface area contributed by atoms with E-state index in [-0.39, 0.29) is 13.4 Å². The van der Waals surface area contributed by atoms with E-state index >= 15 is 0 Å². The molecule has 0 saturated heterocycles. The van der Waals surface area contributed by atoms with Gasteiger partial charge in [0.05, 0.1) is 5.56 Å². The fourth-order valence-corrected chi connectivity index (χ4v) is 2.12. The molecule has 0 radical (unpaired) electrons. The Kier molecular flexibility index (Phi) is 3.48. The van der Waals surface area contributed by atoms with Crippen LogP contribution >= 0.6 is 11.6 Å². The van der Waals surface area contributed by atoms with Gasteiger partial charge >= 0.3 is 0 Å². The van der Waals surface area contributed by atoms with Crippen LogP contribution in [0.1, 0.15) is 15.9 Å². The number of rotatable bonds is 4. The van der Waals surface area contributed by atoms with Crippen LogP contribution in [0, 0.1) is 0 Å². The van der Waals surface area contributed by atoms with E-state index in [1.54, 1.807) is 18.2 Å². The molecule has 3 rings (SSSR count). The predicted molar refractivity (Wildman–Crippen MR) is 73.7 cm³/mol. The van der Waals surface area contributed by atoms with Crippen molar-refractivity contribution in [2.24, 2.45) is 0 Å². The molecule has 2 aromatic carbocycles. The lowest BCUT2D eigenvalue weighted by Crippen LogP contribution is -1.99. The summed E-state index contributed by atoms with van der Waals surface area (Å²) in [6.45, 7) is 0.432. The second-order valence-corrected chi connectivity index (χ2v) is 4.65. The zero-order valence-electron chi connectivity index (χ0n) is 10.5. The molecule has 0 atom stereocenters. The molecule has 0 N–H and O–H groups in total. The fraction of sp³-hybridized carbons (Fsp3) is 0.133. The lowest BCUT2D eigenvalue weighted by atomic mass is 10.2. The summed E-state index contributed by atoms with van der Waals surface area (Å²) in [5.74, 6) is 1.58. The SMILES string of the molecule is O=Cc1cc2c(cc1OCc1ccccc1Cl)OCO2. The molecular weight excluding hydrogens is 280 g/mol. The molecular formula is C15H11ClO4. The van der Waals surface area contributed by atoms with Gasteiger partial charge in [0.2, 0.25) is 6.79 Å². The van der Waals surface area contributed by atoms with Gasteiger partial charge in [-0.05, 0) is 12.1 Å². The lowest BCUT2D eigenvalue weighted by molar-refractivity contribution is 0.111. The van der Waals surface area contributed by atoms with Crippen LogP contribution in [0.5, 0.6) is 17.2 Å². The Morgan fingerprint density at radius 2 is 1.95 bits per heavy atom. The summed E-state index contributed by atoms with van der Waals surface area (Å²) in [5, 5.41) is 0.626. The van der Waals surface area contributed by atoms with Crippen molar-refractivity contribution in [3.05, 3.63) is 52.5 Å². The maximum Gasteiger partial charge on any atom is 0.231 e. The summed E-state index contributed by atoms with van der Waals surface area (Å²) in [4.78, 5) is 11.1. The third-order valence-corrected chi connectivity index (χ3v) is 3.34. The molecule has 0 aliphatic carbocycles. The molecule has 1 heterocycles. The second-order valence-electron chi connectivity index (χ2n) is 4.24. The van der Waals surface area contributed by atoms with Crippen molar-refractivity contribution < 1.29 is 19.0 Å². The van der Waals surface area contributed by atoms with Crippen LogP contribution in [0.3, 0.4) is 0 Å². The molecule has 20 heavy (non-hydrogen) atoms. The van der Waals surface area contributed by atoms with Crippen molar-refractivity contribution in [3.8, 4) is 17.2 Å². The van der Waals surface area contributed by atoms with Crippen molar-refractivity contribution in [1.82, 2.24) is 0 Å². The number of benzene rings is 2. The topological polar surface area (TPSA) is 44.8 Å². The Hall–Kier alpha value is -2.20. The van der Waals surface area contributed by atoms with Gasteiger partial charge in [0.1, 0.15) is 12.4 Å². The molecule has 4 nitrogen and oxygen atoms in total. The maximum atomic E-state index is 11.1. The Morgan fingerprint density at radius 1 is 1.20 bits per heavy atom. The van der Waals surface area contributed by atoms with Crippen LogP contribution in [-0.2, 0) is 6.61 Å². The number of aldehydes is 1. The molecule has 0 aromatic heterocycles. The number of fused-ring (bicyclic) bond motifs is 1. The van der Waals surface area contributed by atoms with E-state index in [1.165, 1.54) is 0 Å². The first-order valence-electron chi connectivity index (χ1n) is 6.03. The third-order valence-electron chi connectivity index (χ3n) is 2.97. The average molecular weight is 291 g/mol. The minimum absolute atomic E-state index is 0.154. The summed E-state index contributed by atoms with van der Waals surface area (Å²) < 4.78 is 16.2. The standard InChI is InChI=1S/C15H11ClO4/c16-12-4-2-1-3-10(12)8-18-13-6-15-14(19-9-20-15)5-11(13)7-17/h1-7H,8-9H2. The van der Waals surface area contributed by atoms with Gasteiger partial charge in [-0.3, -0.25) is 4.79 Å². The van der Waals surface area contributed by atoms with E-state index in [0.29, 0.717) is 27.8 Å². The van der Waals surface area contributed by atoms with E-state index in [9.17, 15) is 4.79 Å². The van der Waals surface area contributed by atoms with Gasteiger partial charge in [-0.15, -0.1) is 0 Å². The summed E-state index contributed by atoms with van der Waals surface area (Å²) in [6.07, 6.45) is 0.726. The first-order valence-corrected chi connectivity index (χ1v) is 6.41. The van der Waals surface area contributed by atoms with Crippen LogP contribution in [-0.4, -0.2) is 13.1 Å². The van der Waals surface area contributed by atoms with Gasteiger partial charge < -0.3 is 14.2 Å². The Balaban J connectivity index is 1.84. The van der Waals surface area contributed by atoms with Crippen LogP contribution in [0.2, 0.25) is 5.02 Å². The number of hydrogen-bond donors (Lipinski definition) is 0. The molecule has 0 fully saturated rings. The van der Waals surface area contributed by atoms with Crippen molar-refractivity contribution >= 4 is 17.9 Å². The van der Waals surface area contributed by atoms with Crippen LogP contribution in [0.25, 0.3) is 0 Å². The summed E-state index contributed by atoms with van der Waals surface area (Å²) >= 11 is 6.06. The van der Waals surface area contributed by atoms with Crippen molar-refractivity contribution in [2.45, 2.75) is 6.61 Å². The number of halogens is 1. The maximum absolute atomic E-state index is 11.1. The van der Waals surface area contributed by atoms with E-state index in [4.69, 9.17) is 25.8 Å². The Bertz CT molecular complexity index is 654. The monoisotopic (exact) mass is 290 g/mol. The first kappa shape index (κ1) is 12.8. The molecule has 0 saturated carbocycles. The smallest absolute Gasteiger partial charge is 0.231 e. The minimum atomic E-state index is 0.154. The molecule has 102 valence electrons. The van der Waals surface area contributed by atoms with E-state index in [0.717, 1.165) is 11.8 Å². The normalized spacial score (nSPS) is 12.2. The lowest BCUT2D eigenvalue weighted by Gasteiger charge is -2.10. The van der Waals surface area contributed by atoms with Crippen LogP contribution in [0.15, 0.2) is 36.4 Å². The van der Waals surface area contributed by atoms with Crippen molar-refractivity contribution in [2.75, 3.05) is 6.79 Å². The summed E-state index contributed by atoms with van der Waals surface area (Å²) in [7, 11) is 0. The molecule has 5 heteroatoms. The second kappa shape index (κ2) is 5.43. The van der Waals surface area contributed by atoms with E-state index < -0.39 is 0 Å². The van der Waals surface area contributed by atoms with Gasteiger partial charge in [-0.1, -0.05) is 29.8 Å². The Morgan fingerprint density at radius 3 is 2.70 bits per heavy atom. The highest BCUT2D eigenvalue weighted by Gasteiger charge is 2.18. The first-order chi connectivity index (χ1) is 9.78. The van der Waals surface area contributed by atoms with Crippen molar-refractivity contribution in [1.29, 1.82) is 0 Å².